The zero-order valence-electron chi connectivity index (χ0n) is 18.3. The van der Waals surface area contributed by atoms with Crippen molar-refractivity contribution in [3.05, 3.63) is 65.9 Å². The van der Waals surface area contributed by atoms with E-state index in [1.807, 2.05) is 26.8 Å². The number of sulfonamides is 1. The minimum absolute atomic E-state index is 0.117. The molecule has 11 heteroatoms. The van der Waals surface area contributed by atoms with Crippen LogP contribution in [-0.2, 0) is 16.2 Å². The number of halogens is 3. The molecule has 0 unspecified atom stereocenters. The summed E-state index contributed by atoms with van der Waals surface area (Å²) >= 11 is 0. The molecule has 33 heavy (non-hydrogen) atoms. The molecule has 2 aromatic carbocycles. The fourth-order valence-electron chi connectivity index (χ4n) is 3.21. The van der Waals surface area contributed by atoms with Gasteiger partial charge in [-0.15, -0.1) is 0 Å². The second kappa shape index (κ2) is 9.65. The van der Waals surface area contributed by atoms with Gasteiger partial charge in [-0.3, -0.25) is 4.72 Å². The van der Waals surface area contributed by atoms with Crippen molar-refractivity contribution in [3.63, 3.8) is 0 Å². The van der Waals surface area contributed by atoms with E-state index < -0.39 is 26.7 Å². The highest BCUT2D eigenvalue weighted by atomic mass is 32.2. The van der Waals surface area contributed by atoms with E-state index in [0.29, 0.717) is 11.6 Å². The molecule has 2 N–H and O–H groups in total. The molecule has 0 saturated heterocycles. The predicted octanol–water partition coefficient (Wildman–Crippen LogP) is 5.19. The maximum absolute atomic E-state index is 13.2. The van der Waals surface area contributed by atoms with Crippen LogP contribution >= 0.6 is 0 Å². The minimum atomic E-state index is -4.79. The highest BCUT2D eigenvalue weighted by Crippen LogP contribution is 2.34. The quantitative estimate of drug-likeness (QED) is 0.462. The zero-order chi connectivity index (χ0) is 24.2. The number of benzene rings is 2. The lowest BCUT2D eigenvalue weighted by Crippen LogP contribution is -2.23. The van der Waals surface area contributed by atoms with Crippen LogP contribution < -0.4 is 14.9 Å². The Bertz CT molecular complexity index is 1210. The Morgan fingerprint density at radius 3 is 2.15 bits per heavy atom. The Hall–Kier alpha value is -3.34. The molecule has 0 fully saturated rings. The number of hydrogen-bond donors (Lipinski definition) is 2. The summed E-state index contributed by atoms with van der Waals surface area (Å²) < 4.78 is 67.0. The van der Waals surface area contributed by atoms with Crippen LogP contribution in [0.2, 0.25) is 0 Å². The van der Waals surface area contributed by atoms with Gasteiger partial charge in [0.1, 0.15) is 5.82 Å². The van der Waals surface area contributed by atoms with Crippen molar-refractivity contribution in [2.75, 3.05) is 28.0 Å². The van der Waals surface area contributed by atoms with Gasteiger partial charge in [-0.2, -0.15) is 18.2 Å². The Kier molecular flexibility index (Phi) is 7.11. The lowest BCUT2D eigenvalue weighted by Gasteiger charge is -2.20. The summed E-state index contributed by atoms with van der Waals surface area (Å²) in [6.45, 7) is 7.50. The maximum atomic E-state index is 13.2. The second-order valence-corrected chi connectivity index (χ2v) is 8.82. The molecule has 0 spiro atoms. The molecule has 0 amide bonds. The monoisotopic (exact) mass is 479 g/mol. The minimum Gasteiger partial charge on any atom is -0.357 e. The van der Waals surface area contributed by atoms with E-state index in [4.69, 9.17) is 0 Å². The Labute approximate surface area is 190 Å². The maximum Gasteiger partial charge on any atom is 0.417 e. The normalized spacial score (nSPS) is 11.8. The van der Waals surface area contributed by atoms with Crippen LogP contribution in [0.1, 0.15) is 25.1 Å². The SMILES string of the molecule is CCN(CC)c1cc(C)nc(Nc2ccc(NS(=O)(=O)c3ccccc3C(F)(F)F)cc2)n1. The van der Waals surface area contributed by atoms with E-state index >= 15 is 0 Å². The van der Waals surface area contributed by atoms with Crippen LogP contribution in [0, 0.1) is 6.92 Å². The highest BCUT2D eigenvalue weighted by molar-refractivity contribution is 7.92. The summed E-state index contributed by atoms with van der Waals surface area (Å²) in [7, 11) is -4.45. The first-order valence-corrected chi connectivity index (χ1v) is 11.7. The van der Waals surface area contributed by atoms with Crippen LogP contribution in [0.3, 0.4) is 0 Å². The van der Waals surface area contributed by atoms with Gasteiger partial charge in [0.25, 0.3) is 10.0 Å². The van der Waals surface area contributed by atoms with Crippen molar-refractivity contribution < 1.29 is 21.6 Å². The molecule has 0 aliphatic heterocycles. The van der Waals surface area contributed by atoms with Gasteiger partial charge >= 0.3 is 6.18 Å². The average molecular weight is 480 g/mol. The van der Waals surface area contributed by atoms with Crippen LogP contribution in [0.15, 0.2) is 59.5 Å². The van der Waals surface area contributed by atoms with Crippen molar-refractivity contribution >= 4 is 33.2 Å². The van der Waals surface area contributed by atoms with Gasteiger partial charge in [0.05, 0.1) is 10.5 Å². The lowest BCUT2D eigenvalue weighted by molar-refractivity contribution is -0.139. The molecular weight excluding hydrogens is 455 g/mol. The van der Waals surface area contributed by atoms with Gasteiger partial charge < -0.3 is 10.2 Å². The molecule has 0 atom stereocenters. The molecule has 3 rings (SSSR count). The molecule has 1 aromatic heterocycles. The highest BCUT2D eigenvalue weighted by Gasteiger charge is 2.36. The van der Waals surface area contributed by atoms with Crippen LogP contribution in [0.4, 0.5) is 36.3 Å². The van der Waals surface area contributed by atoms with Crippen LogP contribution in [0.25, 0.3) is 0 Å². The molecule has 0 bridgehead atoms. The number of alkyl halides is 3. The Morgan fingerprint density at radius 1 is 0.939 bits per heavy atom. The summed E-state index contributed by atoms with van der Waals surface area (Å²) in [6.07, 6.45) is -4.79. The van der Waals surface area contributed by atoms with Crippen molar-refractivity contribution in [2.24, 2.45) is 0 Å². The van der Waals surface area contributed by atoms with Crippen molar-refractivity contribution in [2.45, 2.75) is 31.8 Å². The summed E-state index contributed by atoms with van der Waals surface area (Å²) in [4.78, 5) is 10.1. The van der Waals surface area contributed by atoms with E-state index in [2.05, 4.69) is 24.9 Å². The summed E-state index contributed by atoms with van der Waals surface area (Å²) in [6, 6.07) is 12.0. The fraction of sp³-hybridized carbons (Fsp3) is 0.273. The predicted molar refractivity (Wildman–Crippen MR) is 122 cm³/mol. The van der Waals surface area contributed by atoms with Crippen molar-refractivity contribution in [1.82, 2.24) is 9.97 Å². The first-order chi connectivity index (χ1) is 15.5. The first-order valence-electron chi connectivity index (χ1n) is 10.2. The molecule has 0 aliphatic rings. The number of hydrogen-bond acceptors (Lipinski definition) is 6. The third-order valence-electron chi connectivity index (χ3n) is 4.80. The first kappa shape index (κ1) is 24.3. The molecule has 176 valence electrons. The molecule has 0 saturated carbocycles. The van der Waals surface area contributed by atoms with Crippen molar-refractivity contribution in [3.8, 4) is 0 Å². The largest absolute Gasteiger partial charge is 0.417 e. The summed E-state index contributed by atoms with van der Waals surface area (Å²) in [5.74, 6) is 1.16. The second-order valence-electron chi connectivity index (χ2n) is 7.17. The van der Waals surface area contributed by atoms with Gasteiger partial charge in [0.2, 0.25) is 5.95 Å². The molecule has 1 heterocycles. The van der Waals surface area contributed by atoms with E-state index in [0.717, 1.165) is 42.8 Å². The number of anilines is 4. The molecule has 0 radical (unpaired) electrons. The van der Waals surface area contributed by atoms with Crippen LogP contribution in [0.5, 0.6) is 0 Å². The summed E-state index contributed by atoms with van der Waals surface area (Å²) in [5, 5.41) is 3.06. The Balaban J connectivity index is 1.80. The van der Waals surface area contributed by atoms with E-state index in [-0.39, 0.29) is 5.69 Å². The fourth-order valence-corrected chi connectivity index (χ4v) is 4.50. The number of rotatable bonds is 8. The van der Waals surface area contributed by atoms with Crippen LogP contribution in [-0.4, -0.2) is 31.5 Å². The topological polar surface area (TPSA) is 87.2 Å². The number of aromatic nitrogens is 2. The molecule has 0 aliphatic carbocycles. The Morgan fingerprint density at radius 2 is 1.55 bits per heavy atom. The van der Waals surface area contributed by atoms with Gasteiger partial charge in [-0.1, -0.05) is 12.1 Å². The van der Waals surface area contributed by atoms with E-state index in [9.17, 15) is 21.6 Å². The van der Waals surface area contributed by atoms with Gasteiger partial charge in [-0.05, 0) is 57.2 Å². The molecule has 3 aromatic rings. The van der Waals surface area contributed by atoms with Crippen molar-refractivity contribution in [1.29, 1.82) is 0 Å². The standard InChI is InChI=1S/C22H24F3N5O2S/c1-4-30(5-2)20-14-15(3)26-21(28-20)27-16-10-12-17(13-11-16)29-33(31,32)19-9-7-6-8-18(19)22(23,24)25/h6-14,29H,4-5H2,1-3H3,(H,26,27,28). The van der Waals surface area contributed by atoms with E-state index in [1.54, 1.807) is 12.1 Å². The number of nitrogens with one attached hydrogen (secondary N) is 2. The molecular formula is C22H24F3N5O2S. The molecule has 7 nitrogen and oxygen atoms in total. The lowest BCUT2D eigenvalue weighted by atomic mass is 10.2. The van der Waals surface area contributed by atoms with E-state index in [1.165, 1.54) is 18.2 Å². The smallest absolute Gasteiger partial charge is 0.357 e. The summed E-state index contributed by atoms with van der Waals surface area (Å²) in [5.41, 5.74) is 0.259. The van der Waals surface area contributed by atoms with Gasteiger partial charge in [0.15, 0.2) is 0 Å². The number of aryl methyl sites for hydroxylation is 1. The van der Waals surface area contributed by atoms with Gasteiger partial charge in [-0.25, -0.2) is 13.4 Å². The third kappa shape index (κ3) is 5.92. The number of nitrogens with zero attached hydrogens (tertiary/aromatic N) is 3. The third-order valence-corrected chi connectivity index (χ3v) is 6.24. The van der Waals surface area contributed by atoms with Gasteiger partial charge in [0, 0.05) is 36.2 Å². The average Bonchev–Trinajstić information content (AvgIpc) is 2.75. The zero-order valence-corrected chi connectivity index (χ0v) is 19.1.